The number of hydrogen-bond acceptors (Lipinski definition) is 4. The SMILES string of the molecule is Cc1ccc(-c2nnc(N)o2)cc1Br. The number of nitrogens with two attached hydrogens (primary N) is 1. The molecule has 4 nitrogen and oxygen atoms in total. The first kappa shape index (κ1) is 9.21. The number of anilines is 1. The van der Waals surface area contributed by atoms with Crippen LogP contribution in [0.3, 0.4) is 0 Å². The van der Waals surface area contributed by atoms with Gasteiger partial charge in [-0.15, -0.1) is 5.10 Å². The lowest BCUT2D eigenvalue weighted by atomic mass is 10.1. The molecule has 0 bridgehead atoms. The first-order valence-corrected chi connectivity index (χ1v) is 4.81. The van der Waals surface area contributed by atoms with E-state index in [-0.39, 0.29) is 6.01 Å². The van der Waals surface area contributed by atoms with Crippen LogP contribution in [-0.4, -0.2) is 10.2 Å². The average molecular weight is 254 g/mol. The molecule has 0 saturated heterocycles. The Morgan fingerprint density at radius 1 is 1.36 bits per heavy atom. The van der Waals surface area contributed by atoms with Crippen LogP contribution in [0, 0.1) is 6.92 Å². The van der Waals surface area contributed by atoms with Gasteiger partial charge in [0.05, 0.1) is 0 Å². The van der Waals surface area contributed by atoms with Crippen LogP contribution >= 0.6 is 15.9 Å². The zero-order valence-corrected chi connectivity index (χ0v) is 9.08. The van der Waals surface area contributed by atoms with E-state index in [1.165, 1.54) is 0 Å². The van der Waals surface area contributed by atoms with Gasteiger partial charge in [-0.05, 0) is 24.6 Å². The molecule has 0 aliphatic heterocycles. The summed E-state index contributed by atoms with van der Waals surface area (Å²) in [6.07, 6.45) is 0. The Morgan fingerprint density at radius 3 is 2.71 bits per heavy atom. The molecule has 2 N–H and O–H groups in total. The molecular weight excluding hydrogens is 246 g/mol. The zero-order valence-electron chi connectivity index (χ0n) is 7.49. The van der Waals surface area contributed by atoms with E-state index in [1.54, 1.807) is 0 Å². The lowest BCUT2D eigenvalue weighted by molar-refractivity contribution is 0.590. The minimum Gasteiger partial charge on any atom is -0.404 e. The second-order valence-corrected chi connectivity index (χ2v) is 3.76. The Hall–Kier alpha value is -1.36. The minimum absolute atomic E-state index is 0.0803. The van der Waals surface area contributed by atoms with Crippen LogP contribution in [0.25, 0.3) is 11.5 Å². The Bertz CT molecular complexity index is 467. The Balaban J connectivity index is 2.47. The van der Waals surface area contributed by atoms with Gasteiger partial charge in [0, 0.05) is 10.0 Å². The van der Waals surface area contributed by atoms with Gasteiger partial charge in [-0.2, -0.15) is 0 Å². The van der Waals surface area contributed by atoms with Crippen molar-refractivity contribution in [3.05, 3.63) is 28.2 Å². The normalized spacial score (nSPS) is 10.4. The molecule has 0 radical (unpaired) electrons. The minimum atomic E-state index is 0.0803. The van der Waals surface area contributed by atoms with E-state index in [1.807, 2.05) is 25.1 Å². The van der Waals surface area contributed by atoms with Crippen molar-refractivity contribution in [2.75, 3.05) is 5.73 Å². The van der Waals surface area contributed by atoms with Crippen LogP contribution in [0.1, 0.15) is 5.56 Å². The van der Waals surface area contributed by atoms with Crippen molar-refractivity contribution in [3.63, 3.8) is 0 Å². The van der Waals surface area contributed by atoms with Gasteiger partial charge >= 0.3 is 6.01 Å². The highest BCUT2D eigenvalue weighted by Gasteiger charge is 2.07. The lowest BCUT2D eigenvalue weighted by Gasteiger charge is -1.99. The molecule has 0 fully saturated rings. The molecule has 0 unspecified atom stereocenters. The van der Waals surface area contributed by atoms with Gasteiger partial charge in [-0.1, -0.05) is 27.1 Å². The quantitative estimate of drug-likeness (QED) is 0.848. The van der Waals surface area contributed by atoms with E-state index in [9.17, 15) is 0 Å². The van der Waals surface area contributed by atoms with E-state index in [0.717, 1.165) is 15.6 Å². The van der Waals surface area contributed by atoms with Crippen LogP contribution in [0.4, 0.5) is 6.01 Å². The number of nitrogens with zero attached hydrogens (tertiary/aromatic N) is 2. The zero-order chi connectivity index (χ0) is 10.1. The van der Waals surface area contributed by atoms with Crippen molar-refractivity contribution in [2.45, 2.75) is 6.92 Å². The Kier molecular flexibility index (Phi) is 2.25. The van der Waals surface area contributed by atoms with Crippen molar-refractivity contribution in [1.82, 2.24) is 10.2 Å². The first-order valence-electron chi connectivity index (χ1n) is 4.02. The molecule has 0 spiro atoms. The number of benzene rings is 1. The van der Waals surface area contributed by atoms with Crippen LogP contribution < -0.4 is 5.73 Å². The summed E-state index contributed by atoms with van der Waals surface area (Å²) < 4.78 is 6.11. The van der Waals surface area contributed by atoms with E-state index >= 15 is 0 Å². The second kappa shape index (κ2) is 3.42. The molecule has 2 aromatic rings. The van der Waals surface area contributed by atoms with Crippen LogP contribution in [0.15, 0.2) is 27.1 Å². The number of aryl methyl sites for hydroxylation is 1. The monoisotopic (exact) mass is 253 g/mol. The third-order valence-electron chi connectivity index (χ3n) is 1.86. The van der Waals surface area contributed by atoms with Crippen molar-refractivity contribution >= 4 is 21.9 Å². The van der Waals surface area contributed by atoms with Gasteiger partial charge in [0.1, 0.15) is 0 Å². The van der Waals surface area contributed by atoms with Crippen molar-refractivity contribution in [3.8, 4) is 11.5 Å². The van der Waals surface area contributed by atoms with Gasteiger partial charge < -0.3 is 10.2 Å². The maximum atomic E-state index is 5.33. The number of aromatic nitrogens is 2. The summed E-state index contributed by atoms with van der Waals surface area (Å²) in [5, 5.41) is 7.39. The summed E-state index contributed by atoms with van der Waals surface area (Å²) in [5.41, 5.74) is 7.34. The van der Waals surface area contributed by atoms with Gasteiger partial charge in [0.25, 0.3) is 0 Å². The topological polar surface area (TPSA) is 64.9 Å². The van der Waals surface area contributed by atoms with E-state index in [0.29, 0.717) is 5.89 Å². The average Bonchev–Trinajstić information content (AvgIpc) is 2.57. The fraction of sp³-hybridized carbons (Fsp3) is 0.111. The molecule has 1 heterocycles. The third-order valence-corrected chi connectivity index (χ3v) is 2.71. The Morgan fingerprint density at radius 2 is 2.14 bits per heavy atom. The maximum Gasteiger partial charge on any atom is 0.313 e. The van der Waals surface area contributed by atoms with Gasteiger partial charge in [-0.25, -0.2) is 0 Å². The molecular formula is C9H8BrN3O. The van der Waals surface area contributed by atoms with Gasteiger partial charge in [-0.3, -0.25) is 0 Å². The van der Waals surface area contributed by atoms with Gasteiger partial charge in [0.15, 0.2) is 0 Å². The van der Waals surface area contributed by atoms with Crippen molar-refractivity contribution < 1.29 is 4.42 Å². The van der Waals surface area contributed by atoms with Crippen molar-refractivity contribution in [2.24, 2.45) is 0 Å². The molecule has 2 rings (SSSR count). The highest BCUT2D eigenvalue weighted by molar-refractivity contribution is 9.10. The summed E-state index contributed by atoms with van der Waals surface area (Å²) in [7, 11) is 0. The number of halogens is 1. The van der Waals surface area contributed by atoms with Crippen LogP contribution in [0.2, 0.25) is 0 Å². The van der Waals surface area contributed by atoms with Gasteiger partial charge in [0.2, 0.25) is 5.89 Å². The van der Waals surface area contributed by atoms with E-state index in [2.05, 4.69) is 26.1 Å². The molecule has 1 aromatic carbocycles. The lowest BCUT2D eigenvalue weighted by Crippen LogP contribution is -1.81. The Labute approximate surface area is 89.3 Å². The molecule has 0 saturated carbocycles. The highest BCUT2D eigenvalue weighted by atomic mass is 79.9. The highest BCUT2D eigenvalue weighted by Crippen LogP contribution is 2.24. The molecule has 14 heavy (non-hydrogen) atoms. The first-order chi connectivity index (χ1) is 6.66. The van der Waals surface area contributed by atoms with Crippen molar-refractivity contribution in [1.29, 1.82) is 0 Å². The number of nitrogen functional groups attached to an aromatic ring is 1. The predicted octanol–water partition coefficient (Wildman–Crippen LogP) is 2.39. The predicted molar refractivity (Wildman–Crippen MR) is 56.6 cm³/mol. The summed E-state index contributed by atoms with van der Waals surface area (Å²) in [6, 6.07) is 5.88. The standard InChI is InChI=1S/C9H8BrN3O/c1-5-2-3-6(4-7(5)10)8-12-13-9(11)14-8/h2-4H,1H3,(H2,11,13). The largest absolute Gasteiger partial charge is 0.404 e. The molecule has 0 aliphatic rings. The van der Waals surface area contributed by atoms with Crippen LogP contribution in [0.5, 0.6) is 0 Å². The van der Waals surface area contributed by atoms with Crippen LogP contribution in [-0.2, 0) is 0 Å². The molecule has 0 atom stereocenters. The summed E-state index contributed by atoms with van der Waals surface area (Å²) in [6.45, 7) is 2.01. The fourth-order valence-electron chi connectivity index (χ4n) is 1.08. The smallest absolute Gasteiger partial charge is 0.313 e. The van der Waals surface area contributed by atoms with E-state index < -0.39 is 0 Å². The molecule has 72 valence electrons. The number of hydrogen-bond donors (Lipinski definition) is 1. The second-order valence-electron chi connectivity index (χ2n) is 2.91. The molecule has 0 aliphatic carbocycles. The summed E-state index contributed by atoms with van der Waals surface area (Å²) in [5.74, 6) is 0.434. The molecule has 5 heteroatoms. The number of rotatable bonds is 1. The molecule has 1 aromatic heterocycles. The van der Waals surface area contributed by atoms with E-state index in [4.69, 9.17) is 10.2 Å². The third kappa shape index (κ3) is 1.63. The fourth-order valence-corrected chi connectivity index (χ4v) is 1.46. The summed E-state index contributed by atoms with van der Waals surface area (Å²) in [4.78, 5) is 0. The molecule has 0 amide bonds. The maximum absolute atomic E-state index is 5.33. The summed E-state index contributed by atoms with van der Waals surface area (Å²) >= 11 is 3.43.